The summed E-state index contributed by atoms with van der Waals surface area (Å²) in [5.41, 5.74) is 0. The highest BCUT2D eigenvalue weighted by molar-refractivity contribution is 5.00. The molecule has 3 aliphatic heterocycles. The third-order valence-electron chi connectivity index (χ3n) is 4.84. The molecule has 0 spiro atoms. The Labute approximate surface area is 105 Å². The molecule has 3 saturated heterocycles. The van der Waals surface area contributed by atoms with Crippen molar-refractivity contribution in [3.05, 3.63) is 0 Å². The van der Waals surface area contributed by atoms with Crippen LogP contribution in [0.5, 0.6) is 0 Å². The van der Waals surface area contributed by atoms with Crippen molar-refractivity contribution in [2.45, 2.75) is 69.6 Å². The molecule has 3 rings (SSSR count). The van der Waals surface area contributed by atoms with Crippen molar-refractivity contribution >= 4 is 0 Å². The first-order valence-electron chi connectivity index (χ1n) is 7.47. The number of ether oxygens (including phenoxy) is 1. The first kappa shape index (κ1) is 11.9. The first-order chi connectivity index (χ1) is 8.38. The van der Waals surface area contributed by atoms with Gasteiger partial charge < -0.3 is 10.1 Å². The van der Waals surface area contributed by atoms with E-state index in [0.717, 1.165) is 43.9 Å². The number of hydrogen-bond acceptors (Lipinski definition) is 3. The minimum Gasteiger partial charge on any atom is -0.380 e. The third-order valence-corrected chi connectivity index (χ3v) is 4.84. The summed E-state index contributed by atoms with van der Waals surface area (Å²) in [5, 5.41) is 3.65. The van der Waals surface area contributed by atoms with Gasteiger partial charge >= 0.3 is 0 Å². The van der Waals surface area contributed by atoms with Crippen LogP contribution >= 0.6 is 0 Å². The minimum atomic E-state index is 0.726. The van der Waals surface area contributed by atoms with Crippen molar-refractivity contribution in [3.8, 4) is 0 Å². The summed E-state index contributed by atoms with van der Waals surface area (Å²) in [6, 6.07) is 3.18. The van der Waals surface area contributed by atoms with Crippen LogP contribution in [0.15, 0.2) is 0 Å². The van der Waals surface area contributed by atoms with Gasteiger partial charge in [0.2, 0.25) is 0 Å². The van der Waals surface area contributed by atoms with Gasteiger partial charge in [0.25, 0.3) is 0 Å². The van der Waals surface area contributed by atoms with Gasteiger partial charge in [0, 0.05) is 30.8 Å². The van der Waals surface area contributed by atoms with E-state index >= 15 is 0 Å². The lowest BCUT2D eigenvalue weighted by Crippen LogP contribution is -2.54. The van der Waals surface area contributed by atoms with Crippen LogP contribution in [-0.2, 0) is 4.74 Å². The molecule has 17 heavy (non-hydrogen) atoms. The monoisotopic (exact) mass is 238 g/mol. The first-order valence-corrected chi connectivity index (χ1v) is 7.47. The Kier molecular flexibility index (Phi) is 3.69. The molecule has 3 atom stereocenters. The van der Waals surface area contributed by atoms with Crippen molar-refractivity contribution in [3.63, 3.8) is 0 Å². The summed E-state index contributed by atoms with van der Waals surface area (Å²) in [5.74, 6) is 0. The molecule has 2 bridgehead atoms. The number of piperidine rings is 1. The molecule has 3 heterocycles. The van der Waals surface area contributed by atoms with Crippen LogP contribution in [0.25, 0.3) is 0 Å². The zero-order valence-electron chi connectivity index (χ0n) is 11.0. The van der Waals surface area contributed by atoms with Gasteiger partial charge in [-0.3, -0.25) is 4.90 Å². The molecule has 0 aromatic carbocycles. The lowest BCUT2D eigenvalue weighted by molar-refractivity contribution is -0.0205. The normalized spacial score (nSPS) is 42.9. The van der Waals surface area contributed by atoms with Crippen LogP contribution in [-0.4, -0.2) is 48.8 Å². The summed E-state index contributed by atoms with van der Waals surface area (Å²) < 4.78 is 5.68. The molecule has 0 aliphatic carbocycles. The van der Waals surface area contributed by atoms with Gasteiger partial charge in [-0.05, 0) is 45.1 Å². The zero-order chi connectivity index (χ0) is 11.7. The Bertz CT molecular complexity index is 239. The van der Waals surface area contributed by atoms with Crippen LogP contribution in [0, 0.1) is 0 Å². The Hall–Kier alpha value is -0.120. The number of hydrogen-bond donors (Lipinski definition) is 1. The van der Waals surface area contributed by atoms with E-state index in [-0.39, 0.29) is 0 Å². The van der Waals surface area contributed by atoms with Gasteiger partial charge in [0.05, 0.1) is 6.61 Å². The van der Waals surface area contributed by atoms with Crippen LogP contribution in [0.4, 0.5) is 0 Å². The summed E-state index contributed by atoms with van der Waals surface area (Å²) >= 11 is 0. The number of nitrogens with one attached hydrogen (secondary N) is 1. The van der Waals surface area contributed by atoms with E-state index in [9.17, 15) is 0 Å². The topological polar surface area (TPSA) is 24.5 Å². The van der Waals surface area contributed by atoms with Crippen LogP contribution < -0.4 is 5.32 Å². The maximum atomic E-state index is 5.68. The molecular formula is C14H26N2O. The van der Waals surface area contributed by atoms with Crippen molar-refractivity contribution in [1.29, 1.82) is 0 Å². The maximum Gasteiger partial charge on any atom is 0.0622 e. The smallest absolute Gasteiger partial charge is 0.0622 e. The second kappa shape index (κ2) is 5.25. The van der Waals surface area contributed by atoms with Gasteiger partial charge in [-0.1, -0.05) is 6.92 Å². The molecule has 3 fully saturated rings. The van der Waals surface area contributed by atoms with Crippen molar-refractivity contribution in [2.75, 3.05) is 19.8 Å². The van der Waals surface area contributed by atoms with Gasteiger partial charge in [-0.2, -0.15) is 0 Å². The van der Waals surface area contributed by atoms with Crippen molar-refractivity contribution < 1.29 is 4.74 Å². The van der Waals surface area contributed by atoms with Gasteiger partial charge in [-0.25, -0.2) is 0 Å². The second-order valence-electron chi connectivity index (χ2n) is 5.93. The highest BCUT2D eigenvalue weighted by atomic mass is 16.5. The van der Waals surface area contributed by atoms with Crippen LogP contribution in [0.1, 0.15) is 45.4 Å². The summed E-state index contributed by atoms with van der Waals surface area (Å²) in [7, 11) is 0. The lowest BCUT2D eigenvalue weighted by Gasteiger charge is -2.44. The summed E-state index contributed by atoms with van der Waals surface area (Å²) in [4.78, 5) is 2.83. The Balaban J connectivity index is 1.63. The third kappa shape index (κ3) is 2.38. The standard InChI is InChI=1S/C14H26N2O/c1-2-15-11-8-12-5-6-13(9-11)16(12)14-4-3-7-17-10-14/h11-15H,2-10H2,1H3. The highest BCUT2D eigenvalue weighted by Gasteiger charge is 2.43. The van der Waals surface area contributed by atoms with E-state index < -0.39 is 0 Å². The molecule has 98 valence electrons. The van der Waals surface area contributed by atoms with Gasteiger partial charge in [-0.15, -0.1) is 0 Å². The fourth-order valence-corrected chi connectivity index (χ4v) is 4.22. The van der Waals surface area contributed by atoms with Gasteiger partial charge in [0.1, 0.15) is 0 Å². The van der Waals surface area contributed by atoms with E-state index in [1.165, 1.54) is 38.5 Å². The minimum absolute atomic E-state index is 0.726. The average molecular weight is 238 g/mol. The van der Waals surface area contributed by atoms with E-state index in [1.54, 1.807) is 0 Å². The molecule has 3 heteroatoms. The zero-order valence-corrected chi connectivity index (χ0v) is 11.0. The van der Waals surface area contributed by atoms with Crippen molar-refractivity contribution in [1.82, 2.24) is 10.2 Å². The molecule has 0 saturated carbocycles. The highest BCUT2D eigenvalue weighted by Crippen LogP contribution is 2.38. The second-order valence-corrected chi connectivity index (χ2v) is 5.93. The Morgan fingerprint density at radius 1 is 1.12 bits per heavy atom. The van der Waals surface area contributed by atoms with E-state index in [0.29, 0.717) is 0 Å². The average Bonchev–Trinajstić information content (AvgIpc) is 2.63. The van der Waals surface area contributed by atoms with E-state index in [4.69, 9.17) is 4.74 Å². The maximum absolute atomic E-state index is 5.68. The van der Waals surface area contributed by atoms with Crippen molar-refractivity contribution in [2.24, 2.45) is 0 Å². The largest absolute Gasteiger partial charge is 0.380 e. The summed E-state index contributed by atoms with van der Waals surface area (Å²) in [6.45, 7) is 5.32. The van der Waals surface area contributed by atoms with Gasteiger partial charge in [0.15, 0.2) is 0 Å². The fourth-order valence-electron chi connectivity index (χ4n) is 4.22. The lowest BCUT2D eigenvalue weighted by atomic mass is 9.94. The van der Waals surface area contributed by atoms with Crippen LogP contribution in [0.3, 0.4) is 0 Å². The molecule has 0 aromatic heterocycles. The fraction of sp³-hybridized carbons (Fsp3) is 1.00. The molecule has 0 radical (unpaired) electrons. The SMILES string of the molecule is CCNC1CC2CCC(C1)N2C1CCCOC1. The molecular weight excluding hydrogens is 212 g/mol. The van der Waals surface area contributed by atoms with E-state index in [2.05, 4.69) is 17.1 Å². The number of nitrogens with zero attached hydrogens (tertiary/aromatic N) is 1. The van der Waals surface area contributed by atoms with Crippen LogP contribution in [0.2, 0.25) is 0 Å². The van der Waals surface area contributed by atoms with E-state index in [1.807, 2.05) is 0 Å². The predicted molar refractivity (Wildman–Crippen MR) is 69.2 cm³/mol. The molecule has 0 amide bonds. The number of fused-ring (bicyclic) bond motifs is 2. The summed E-state index contributed by atoms with van der Waals surface area (Å²) in [6.07, 6.45) is 8.18. The quantitative estimate of drug-likeness (QED) is 0.811. The molecule has 0 aromatic rings. The molecule has 1 N–H and O–H groups in total. The Morgan fingerprint density at radius 3 is 2.47 bits per heavy atom. The Morgan fingerprint density at radius 2 is 1.88 bits per heavy atom. The molecule has 3 unspecified atom stereocenters. The molecule has 3 nitrogen and oxygen atoms in total. The predicted octanol–water partition coefficient (Wildman–Crippen LogP) is 1.77. The number of rotatable bonds is 3. The molecule has 3 aliphatic rings.